The van der Waals surface area contributed by atoms with Gasteiger partial charge in [-0.2, -0.15) is 0 Å². The Hall–Kier alpha value is -9.72. The van der Waals surface area contributed by atoms with E-state index in [1.165, 1.54) is 22.3 Å². The zero-order valence-electron chi connectivity index (χ0n) is 68.2. The Morgan fingerprint density at radius 1 is 0.277 bits per heavy atom. The number of Topliss-reactive ketones (excluding diaryl/α,β-unsaturated/α-hetero) is 4. The molecule has 8 aromatic rings. The van der Waals surface area contributed by atoms with Gasteiger partial charge in [0.25, 0.3) is 0 Å². The number of carbonyl (C=O) groups excluding carboxylic acids is 4. The van der Waals surface area contributed by atoms with Gasteiger partial charge in [0, 0.05) is 122 Å². The van der Waals surface area contributed by atoms with E-state index in [1.54, 1.807) is 131 Å². The van der Waals surface area contributed by atoms with E-state index >= 15 is 0 Å². The first-order valence-electron chi connectivity index (χ1n) is 40.7. The van der Waals surface area contributed by atoms with Gasteiger partial charge < -0.3 is 37.9 Å². The number of pyridine rings is 8. The highest BCUT2D eigenvalue weighted by molar-refractivity contribution is 5.97. The Morgan fingerprint density at radius 3 is 0.625 bits per heavy atom. The number of rotatable bonds is 32. The number of ketones is 4. The van der Waals surface area contributed by atoms with Crippen molar-refractivity contribution in [2.75, 3.05) is 56.9 Å². The van der Waals surface area contributed by atoms with E-state index in [2.05, 4.69) is 91.8 Å². The molecule has 0 aromatic carbocycles. The molecular weight excluding hydrogens is 1410 g/mol. The van der Waals surface area contributed by atoms with E-state index < -0.39 is 0 Å². The molecule has 20 heteroatoms. The number of hydrogen-bond donors (Lipinski definition) is 0. The standard InChI is InChI=1S/4C23H30N2O3/c4*1-4-16(12-22(26)19-9-10-23(28-3)25-14-19)17-5-7-18(8-6-17)20-11-21(27-2)15-24-13-20/h4*9-11,13-18H,4-8,12H2,1-3H3/t4*16-,17?,18?/m1100/s1. The maximum Gasteiger partial charge on any atom is 0.212 e. The fraction of sp³-hybridized carbons (Fsp3) is 0.522. The van der Waals surface area contributed by atoms with Crippen molar-refractivity contribution in [3.8, 4) is 46.5 Å². The molecular formula is C92H120N8O12. The van der Waals surface area contributed by atoms with Gasteiger partial charge in [0.05, 0.1) is 81.7 Å². The third-order valence-corrected chi connectivity index (χ3v) is 24.5. The molecule has 0 saturated heterocycles. The van der Waals surface area contributed by atoms with Crippen molar-refractivity contribution < 1.29 is 57.1 Å². The summed E-state index contributed by atoms with van der Waals surface area (Å²) in [4.78, 5) is 84.7. The summed E-state index contributed by atoms with van der Waals surface area (Å²) in [7, 11) is 13.0. The predicted octanol–water partition coefficient (Wildman–Crippen LogP) is 20.3. The summed E-state index contributed by atoms with van der Waals surface area (Å²) in [6, 6.07) is 22.7. The van der Waals surface area contributed by atoms with Crippen LogP contribution in [0, 0.1) is 47.3 Å². The fourth-order valence-electron chi connectivity index (χ4n) is 17.4. The molecule has 4 aliphatic rings. The van der Waals surface area contributed by atoms with Crippen molar-refractivity contribution >= 4 is 23.1 Å². The van der Waals surface area contributed by atoms with Crippen LogP contribution in [0.4, 0.5) is 0 Å². The summed E-state index contributed by atoms with van der Waals surface area (Å²) in [5, 5.41) is 0. The number of hydrogen-bond acceptors (Lipinski definition) is 20. The highest BCUT2D eigenvalue weighted by Crippen LogP contribution is 2.46. The van der Waals surface area contributed by atoms with E-state index in [4.69, 9.17) is 37.9 Å². The lowest BCUT2D eigenvalue weighted by Crippen LogP contribution is -2.23. The Morgan fingerprint density at radius 2 is 0.473 bits per heavy atom. The van der Waals surface area contributed by atoms with Gasteiger partial charge in [-0.25, -0.2) is 19.9 Å². The molecule has 0 unspecified atom stereocenters. The molecule has 4 saturated carbocycles. The number of nitrogens with zero attached hydrogens (tertiary/aromatic N) is 8. The average Bonchev–Trinajstić information content (AvgIpc) is 0.845. The molecule has 4 aliphatic carbocycles. The van der Waals surface area contributed by atoms with Crippen LogP contribution in [-0.2, 0) is 0 Å². The molecule has 600 valence electrons. The van der Waals surface area contributed by atoms with Gasteiger partial charge in [-0.1, -0.05) is 53.4 Å². The summed E-state index contributed by atoms with van der Waals surface area (Å²) in [6.07, 6.45) is 46.4. The van der Waals surface area contributed by atoms with Gasteiger partial charge in [-0.15, -0.1) is 0 Å². The second-order valence-electron chi connectivity index (χ2n) is 30.6. The second kappa shape index (κ2) is 45.1. The number of aromatic nitrogens is 8. The SMILES string of the molecule is CC[C@@H](CC(=O)c1ccc(OC)nc1)C1CCC(c2cncc(OC)c2)CC1.CC[C@@H](CC(=O)c1ccc(OC)nc1)C1CCC(c2cncc(OC)c2)CC1.CC[C@H](CC(=O)c1ccc(OC)nc1)C1CCC(c2cncc(OC)c2)CC1.CC[C@H](CC(=O)c1ccc(OC)nc1)C1CCC(c2cncc(OC)c2)CC1. The average molecular weight is 1530 g/mol. The van der Waals surface area contributed by atoms with E-state index in [9.17, 15) is 19.2 Å². The van der Waals surface area contributed by atoms with Crippen LogP contribution in [0.5, 0.6) is 46.5 Å². The quantitative estimate of drug-likeness (QED) is 0.0356. The van der Waals surface area contributed by atoms with Gasteiger partial charge in [-0.3, -0.25) is 39.1 Å². The highest BCUT2D eigenvalue weighted by atomic mass is 16.5. The van der Waals surface area contributed by atoms with Crippen molar-refractivity contribution in [3.05, 3.63) is 192 Å². The molecule has 0 radical (unpaired) electrons. The molecule has 4 fully saturated rings. The maximum absolute atomic E-state index is 12.7. The lowest BCUT2D eigenvalue weighted by molar-refractivity contribution is 0.0917. The monoisotopic (exact) mass is 1530 g/mol. The van der Waals surface area contributed by atoms with Crippen molar-refractivity contribution in [3.63, 3.8) is 0 Å². The van der Waals surface area contributed by atoms with Gasteiger partial charge in [0.15, 0.2) is 23.1 Å². The fourth-order valence-corrected chi connectivity index (χ4v) is 17.4. The first kappa shape index (κ1) is 86.3. The van der Waals surface area contributed by atoms with Crippen molar-refractivity contribution in [1.82, 2.24) is 39.9 Å². The lowest BCUT2D eigenvalue weighted by Gasteiger charge is -2.33. The maximum atomic E-state index is 12.7. The zero-order chi connectivity index (χ0) is 79.7. The van der Waals surface area contributed by atoms with Crippen molar-refractivity contribution in [1.29, 1.82) is 0 Å². The van der Waals surface area contributed by atoms with Crippen LogP contribution >= 0.6 is 0 Å². The Bertz CT molecular complexity index is 3600. The summed E-state index contributed by atoms with van der Waals surface area (Å²) in [5.41, 5.74) is 7.78. The van der Waals surface area contributed by atoms with E-state index in [1.807, 2.05) is 49.1 Å². The lowest BCUT2D eigenvalue weighted by atomic mass is 9.72. The van der Waals surface area contributed by atoms with Crippen LogP contribution in [0.2, 0.25) is 0 Å². The Balaban J connectivity index is 0.000000171. The van der Waals surface area contributed by atoms with Gasteiger partial charge in [-0.05, 0) is 245 Å². The molecule has 0 amide bonds. The van der Waals surface area contributed by atoms with E-state index in [0.717, 1.165) is 151 Å². The van der Waals surface area contributed by atoms with Gasteiger partial charge >= 0.3 is 0 Å². The van der Waals surface area contributed by atoms with Crippen LogP contribution in [0.3, 0.4) is 0 Å². The van der Waals surface area contributed by atoms with E-state index in [-0.39, 0.29) is 23.1 Å². The normalized spacial score (nSPS) is 20.4. The third-order valence-electron chi connectivity index (χ3n) is 24.5. The van der Waals surface area contributed by atoms with E-state index in [0.29, 0.717) is 142 Å². The predicted molar refractivity (Wildman–Crippen MR) is 436 cm³/mol. The minimum atomic E-state index is 0.182. The van der Waals surface area contributed by atoms with Gasteiger partial charge in [0.2, 0.25) is 23.5 Å². The zero-order valence-corrected chi connectivity index (χ0v) is 68.2. The Labute approximate surface area is 664 Å². The smallest absolute Gasteiger partial charge is 0.212 e. The third kappa shape index (κ3) is 25.1. The number of carbonyl (C=O) groups is 4. The number of methoxy groups -OCH3 is 8. The Kier molecular flexibility index (Phi) is 34.7. The van der Waals surface area contributed by atoms with Gasteiger partial charge in [0.1, 0.15) is 23.0 Å². The minimum Gasteiger partial charge on any atom is -0.495 e. The van der Waals surface area contributed by atoms with Crippen molar-refractivity contribution in [2.45, 2.75) is 205 Å². The summed E-state index contributed by atoms with van der Waals surface area (Å²) < 4.78 is 41.5. The minimum absolute atomic E-state index is 0.182. The molecule has 8 heterocycles. The summed E-state index contributed by atoms with van der Waals surface area (Å²) in [5.74, 6) is 12.5. The molecule has 8 aromatic heterocycles. The van der Waals surface area contributed by atoms with Crippen LogP contribution in [0.25, 0.3) is 0 Å². The molecule has 4 atom stereocenters. The molecule has 112 heavy (non-hydrogen) atoms. The first-order valence-corrected chi connectivity index (χ1v) is 40.7. The first-order chi connectivity index (χ1) is 54.6. The highest BCUT2D eigenvalue weighted by Gasteiger charge is 2.34. The number of ether oxygens (including phenoxy) is 8. The molecule has 0 aliphatic heterocycles. The molecule has 0 bridgehead atoms. The van der Waals surface area contributed by atoms with Crippen LogP contribution < -0.4 is 37.9 Å². The van der Waals surface area contributed by atoms with Crippen LogP contribution in [0.15, 0.2) is 147 Å². The molecule has 0 N–H and O–H groups in total. The van der Waals surface area contributed by atoms with Crippen LogP contribution in [-0.4, -0.2) is 120 Å². The van der Waals surface area contributed by atoms with Crippen molar-refractivity contribution in [2.24, 2.45) is 47.3 Å². The second-order valence-corrected chi connectivity index (χ2v) is 30.6. The molecule has 0 spiro atoms. The van der Waals surface area contributed by atoms with Crippen LogP contribution in [0.1, 0.15) is 269 Å². The molecule has 12 rings (SSSR count). The molecule has 20 nitrogen and oxygen atoms in total. The largest absolute Gasteiger partial charge is 0.495 e. The topological polar surface area (TPSA) is 245 Å². The summed E-state index contributed by atoms with van der Waals surface area (Å²) >= 11 is 0. The summed E-state index contributed by atoms with van der Waals surface area (Å²) in [6.45, 7) is 8.79.